The van der Waals surface area contributed by atoms with Gasteiger partial charge < -0.3 is 15.4 Å². The highest BCUT2D eigenvalue weighted by Gasteiger charge is 2.20. The van der Waals surface area contributed by atoms with E-state index in [2.05, 4.69) is 42.7 Å². The Labute approximate surface area is 110 Å². The number of rotatable bonds is 4. The van der Waals surface area contributed by atoms with Gasteiger partial charge in [-0.05, 0) is 38.4 Å². The molecular weight excluding hydrogens is 224 g/mol. The summed E-state index contributed by atoms with van der Waals surface area (Å²) in [5.74, 6) is 0. The maximum atomic E-state index is 5.80. The number of benzene rings is 1. The maximum absolute atomic E-state index is 5.80. The first-order chi connectivity index (χ1) is 8.70. The minimum Gasteiger partial charge on any atom is -0.376 e. The highest BCUT2D eigenvalue weighted by Crippen LogP contribution is 2.24. The molecule has 0 spiro atoms. The summed E-state index contributed by atoms with van der Waals surface area (Å²) < 4.78 is 5.80. The first-order valence-corrected chi connectivity index (χ1v) is 6.77. The van der Waals surface area contributed by atoms with Gasteiger partial charge in [-0.3, -0.25) is 0 Å². The van der Waals surface area contributed by atoms with E-state index in [0.29, 0.717) is 12.1 Å². The van der Waals surface area contributed by atoms with E-state index in [1.165, 1.54) is 16.7 Å². The van der Waals surface area contributed by atoms with Crippen molar-refractivity contribution in [1.29, 1.82) is 0 Å². The topological polar surface area (TPSA) is 33.3 Å². The summed E-state index contributed by atoms with van der Waals surface area (Å²) in [6.07, 6.45) is 1.34. The monoisotopic (exact) mass is 248 g/mol. The lowest BCUT2D eigenvalue weighted by Gasteiger charge is -2.28. The van der Waals surface area contributed by atoms with Gasteiger partial charge in [0.25, 0.3) is 0 Å². The molecule has 3 nitrogen and oxygen atoms in total. The van der Waals surface area contributed by atoms with Crippen molar-refractivity contribution >= 4 is 0 Å². The molecule has 1 heterocycles. The van der Waals surface area contributed by atoms with Crippen LogP contribution in [0.25, 0.3) is 0 Å². The summed E-state index contributed by atoms with van der Waals surface area (Å²) in [6.45, 7) is 7.09. The zero-order chi connectivity index (χ0) is 13.0. The van der Waals surface area contributed by atoms with E-state index in [1.807, 2.05) is 7.05 Å². The Balaban J connectivity index is 2.09. The van der Waals surface area contributed by atoms with Crippen LogP contribution in [-0.4, -0.2) is 32.8 Å². The molecule has 18 heavy (non-hydrogen) atoms. The lowest BCUT2D eigenvalue weighted by molar-refractivity contribution is 0.0176. The molecule has 1 aromatic carbocycles. The summed E-state index contributed by atoms with van der Waals surface area (Å²) in [5, 5.41) is 6.81. The number of nitrogens with one attached hydrogen (secondary N) is 2. The highest BCUT2D eigenvalue weighted by atomic mass is 16.5. The van der Waals surface area contributed by atoms with Crippen molar-refractivity contribution in [3.63, 3.8) is 0 Å². The van der Waals surface area contributed by atoms with Gasteiger partial charge in [0.15, 0.2) is 0 Å². The van der Waals surface area contributed by atoms with Crippen molar-refractivity contribution in [2.24, 2.45) is 0 Å². The van der Waals surface area contributed by atoms with Gasteiger partial charge in [-0.1, -0.05) is 23.8 Å². The minimum atomic E-state index is 0.316. The Morgan fingerprint density at radius 2 is 2.28 bits per heavy atom. The Bertz CT molecular complexity index is 386. The van der Waals surface area contributed by atoms with E-state index in [1.54, 1.807) is 0 Å². The molecular formula is C15H24N2O. The lowest BCUT2D eigenvalue weighted by atomic mass is 9.94. The van der Waals surface area contributed by atoms with Crippen molar-refractivity contribution in [3.8, 4) is 0 Å². The van der Waals surface area contributed by atoms with Crippen LogP contribution in [0.4, 0.5) is 0 Å². The second-order valence-electron chi connectivity index (χ2n) is 5.13. The van der Waals surface area contributed by atoms with Gasteiger partial charge >= 0.3 is 0 Å². The molecule has 0 aliphatic carbocycles. The largest absolute Gasteiger partial charge is 0.376 e. The fraction of sp³-hybridized carbons (Fsp3) is 0.600. The highest BCUT2D eigenvalue weighted by molar-refractivity contribution is 5.33. The van der Waals surface area contributed by atoms with Crippen molar-refractivity contribution < 1.29 is 4.74 Å². The van der Waals surface area contributed by atoms with Gasteiger partial charge in [0.1, 0.15) is 0 Å². The van der Waals surface area contributed by atoms with E-state index in [9.17, 15) is 0 Å². The quantitative estimate of drug-likeness (QED) is 0.854. The SMILES string of the molecule is CNC(CC1CNCCO1)c1cc(C)ccc1C. The standard InChI is InChI=1S/C15H24N2O/c1-11-4-5-12(2)14(8-11)15(16-3)9-13-10-17-6-7-18-13/h4-5,8,13,15-17H,6-7,9-10H2,1-3H3. The van der Waals surface area contributed by atoms with Crippen LogP contribution in [0.3, 0.4) is 0 Å². The van der Waals surface area contributed by atoms with Gasteiger partial charge in [-0.25, -0.2) is 0 Å². The number of aryl methyl sites for hydroxylation is 2. The second-order valence-corrected chi connectivity index (χ2v) is 5.13. The summed E-state index contributed by atoms with van der Waals surface area (Å²) >= 11 is 0. The minimum absolute atomic E-state index is 0.316. The lowest BCUT2D eigenvalue weighted by Crippen LogP contribution is -2.40. The third-order valence-corrected chi connectivity index (χ3v) is 3.66. The zero-order valence-corrected chi connectivity index (χ0v) is 11.6. The van der Waals surface area contributed by atoms with Crippen LogP contribution in [0.1, 0.15) is 29.2 Å². The summed E-state index contributed by atoms with van der Waals surface area (Å²) in [5.41, 5.74) is 4.06. The molecule has 0 saturated carbocycles. The van der Waals surface area contributed by atoms with Crippen LogP contribution in [0, 0.1) is 13.8 Å². The van der Waals surface area contributed by atoms with E-state index in [0.717, 1.165) is 26.1 Å². The zero-order valence-electron chi connectivity index (χ0n) is 11.6. The molecule has 0 amide bonds. The molecule has 0 radical (unpaired) electrons. The number of hydrogen-bond acceptors (Lipinski definition) is 3. The molecule has 1 fully saturated rings. The smallest absolute Gasteiger partial charge is 0.0718 e. The molecule has 2 N–H and O–H groups in total. The van der Waals surface area contributed by atoms with Crippen molar-refractivity contribution in [3.05, 3.63) is 34.9 Å². The van der Waals surface area contributed by atoms with Gasteiger partial charge in [0, 0.05) is 19.1 Å². The van der Waals surface area contributed by atoms with Crippen molar-refractivity contribution in [2.75, 3.05) is 26.7 Å². The van der Waals surface area contributed by atoms with Gasteiger partial charge in [0.2, 0.25) is 0 Å². The number of ether oxygens (including phenoxy) is 1. The van der Waals surface area contributed by atoms with Crippen LogP contribution < -0.4 is 10.6 Å². The van der Waals surface area contributed by atoms with Crippen LogP contribution in [0.15, 0.2) is 18.2 Å². The second kappa shape index (κ2) is 6.32. The third-order valence-electron chi connectivity index (χ3n) is 3.66. The van der Waals surface area contributed by atoms with E-state index < -0.39 is 0 Å². The normalized spacial score (nSPS) is 21.8. The number of hydrogen-bond donors (Lipinski definition) is 2. The fourth-order valence-electron chi connectivity index (χ4n) is 2.57. The Hall–Kier alpha value is -0.900. The Kier molecular flexibility index (Phi) is 4.75. The molecule has 100 valence electrons. The predicted molar refractivity (Wildman–Crippen MR) is 74.9 cm³/mol. The maximum Gasteiger partial charge on any atom is 0.0718 e. The fourth-order valence-corrected chi connectivity index (χ4v) is 2.57. The molecule has 1 aliphatic rings. The molecule has 0 bridgehead atoms. The summed E-state index contributed by atoms with van der Waals surface area (Å²) in [7, 11) is 2.03. The number of morpholine rings is 1. The van der Waals surface area contributed by atoms with Gasteiger partial charge in [-0.2, -0.15) is 0 Å². The summed E-state index contributed by atoms with van der Waals surface area (Å²) in [6, 6.07) is 7.03. The average Bonchev–Trinajstić information content (AvgIpc) is 2.40. The first kappa shape index (κ1) is 13.5. The molecule has 1 aliphatic heterocycles. The summed E-state index contributed by atoms with van der Waals surface area (Å²) in [4.78, 5) is 0. The van der Waals surface area contributed by atoms with Crippen molar-refractivity contribution in [2.45, 2.75) is 32.4 Å². The van der Waals surface area contributed by atoms with Crippen molar-refractivity contribution in [1.82, 2.24) is 10.6 Å². The molecule has 2 rings (SSSR count). The van der Waals surface area contributed by atoms with Crippen LogP contribution in [0.2, 0.25) is 0 Å². The van der Waals surface area contributed by atoms with E-state index in [-0.39, 0.29) is 0 Å². The Morgan fingerprint density at radius 1 is 1.44 bits per heavy atom. The molecule has 2 unspecified atom stereocenters. The molecule has 2 atom stereocenters. The molecule has 1 aromatic rings. The molecule has 0 aromatic heterocycles. The third kappa shape index (κ3) is 3.31. The molecule has 3 heteroatoms. The predicted octanol–water partition coefficient (Wildman–Crippen LogP) is 1.94. The van der Waals surface area contributed by atoms with Crippen LogP contribution >= 0.6 is 0 Å². The van der Waals surface area contributed by atoms with E-state index >= 15 is 0 Å². The average molecular weight is 248 g/mol. The van der Waals surface area contributed by atoms with Gasteiger partial charge in [-0.15, -0.1) is 0 Å². The molecule has 1 saturated heterocycles. The Morgan fingerprint density at radius 3 is 2.94 bits per heavy atom. The van der Waals surface area contributed by atoms with Crippen LogP contribution in [-0.2, 0) is 4.74 Å². The van der Waals surface area contributed by atoms with Crippen LogP contribution in [0.5, 0.6) is 0 Å². The first-order valence-electron chi connectivity index (χ1n) is 6.77. The van der Waals surface area contributed by atoms with Gasteiger partial charge in [0.05, 0.1) is 12.7 Å². The van der Waals surface area contributed by atoms with E-state index in [4.69, 9.17) is 4.74 Å².